The van der Waals surface area contributed by atoms with Crippen LogP contribution in [-0.2, 0) is 5.41 Å². The summed E-state index contributed by atoms with van der Waals surface area (Å²) in [7, 11) is 0. The molecule has 0 aliphatic rings. The van der Waals surface area contributed by atoms with Crippen LogP contribution in [0.5, 0.6) is 0 Å². The van der Waals surface area contributed by atoms with Crippen molar-refractivity contribution in [1.29, 1.82) is 0 Å². The monoisotopic (exact) mass is 217 g/mol. The van der Waals surface area contributed by atoms with E-state index in [1.807, 2.05) is 19.1 Å². The maximum absolute atomic E-state index is 13.8. The van der Waals surface area contributed by atoms with Gasteiger partial charge in [0.25, 0.3) is 0 Å². The fourth-order valence-corrected chi connectivity index (χ4v) is 2.34. The van der Waals surface area contributed by atoms with Gasteiger partial charge >= 0.3 is 0 Å². The zero-order valence-corrected chi connectivity index (χ0v) is 10.1. The van der Waals surface area contributed by atoms with Crippen molar-refractivity contribution in [1.82, 2.24) is 4.98 Å². The third-order valence-corrected chi connectivity index (χ3v) is 2.79. The van der Waals surface area contributed by atoms with Crippen LogP contribution in [0, 0.1) is 12.7 Å². The van der Waals surface area contributed by atoms with Crippen LogP contribution >= 0.6 is 0 Å². The lowest BCUT2D eigenvalue weighted by Gasteiger charge is -2.23. The van der Waals surface area contributed by atoms with Crippen LogP contribution in [0.3, 0.4) is 0 Å². The fraction of sp³-hybridized carbons (Fsp3) is 0.357. The van der Waals surface area contributed by atoms with Crippen molar-refractivity contribution in [2.24, 2.45) is 0 Å². The average molecular weight is 217 g/mol. The van der Waals surface area contributed by atoms with Crippen LogP contribution in [0.4, 0.5) is 4.39 Å². The summed E-state index contributed by atoms with van der Waals surface area (Å²) >= 11 is 0. The lowest BCUT2D eigenvalue weighted by molar-refractivity contribution is 0.586. The van der Waals surface area contributed by atoms with E-state index in [1.54, 1.807) is 12.3 Å². The zero-order valence-electron chi connectivity index (χ0n) is 10.1. The molecule has 0 N–H and O–H groups in total. The van der Waals surface area contributed by atoms with E-state index in [4.69, 9.17) is 0 Å². The molecule has 0 saturated carbocycles. The van der Waals surface area contributed by atoms with E-state index in [-0.39, 0.29) is 11.2 Å². The third-order valence-electron chi connectivity index (χ3n) is 2.79. The highest BCUT2D eigenvalue weighted by Gasteiger charge is 2.21. The quantitative estimate of drug-likeness (QED) is 0.650. The summed E-state index contributed by atoms with van der Waals surface area (Å²) in [6.07, 6.45) is 1.63. The lowest BCUT2D eigenvalue weighted by Crippen LogP contribution is -2.14. The van der Waals surface area contributed by atoms with Crippen LogP contribution in [0.2, 0.25) is 0 Å². The third kappa shape index (κ3) is 1.69. The van der Waals surface area contributed by atoms with E-state index in [9.17, 15) is 4.39 Å². The van der Waals surface area contributed by atoms with Gasteiger partial charge in [-0.1, -0.05) is 26.8 Å². The van der Waals surface area contributed by atoms with E-state index in [1.165, 1.54) is 5.56 Å². The van der Waals surface area contributed by atoms with Gasteiger partial charge in [0.05, 0.1) is 0 Å². The Morgan fingerprint density at radius 3 is 2.56 bits per heavy atom. The normalized spacial score (nSPS) is 12.1. The summed E-state index contributed by atoms with van der Waals surface area (Å²) in [5.74, 6) is -0.235. The van der Waals surface area contributed by atoms with E-state index in [2.05, 4.69) is 25.8 Å². The minimum absolute atomic E-state index is 0.000926. The summed E-state index contributed by atoms with van der Waals surface area (Å²) in [5, 5.41) is 0.924. The molecule has 0 aliphatic heterocycles. The SMILES string of the molecule is Cc1cc(F)c2ncccc2c1C(C)(C)C. The van der Waals surface area contributed by atoms with Crippen LogP contribution in [0.25, 0.3) is 10.9 Å². The fourth-order valence-electron chi connectivity index (χ4n) is 2.34. The van der Waals surface area contributed by atoms with Gasteiger partial charge in [0.15, 0.2) is 0 Å². The number of halogens is 1. The van der Waals surface area contributed by atoms with Gasteiger partial charge in [-0.15, -0.1) is 0 Å². The number of rotatable bonds is 0. The number of nitrogens with zero attached hydrogens (tertiary/aromatic N) is 1. The number of fused-ring (bicyclic) bond motifs is 1. The number of aryl methyl sites for hydroxylation is 1. The molecule has 0 saturated heterocycles. The van der Waals surface area contributed by atoms with Gasteiger partial charge in [0, 0.05) is 11.6 Å². The second-order valence-electron chi connectivity index (χ2n) is 5.20. The number of hydrogen-bond acceptors (Lipinski definition) is 1. The summed E-state index contributed by atoms with van der Waals surface area (Å²) in [6.45, 7) is 8.37. The Balaban J connectivity index is 2.93. The summed E-state index contributed by atoms with van der Waals surface area (Å²) in [4.78, 5) is 4.12. The number of benzene rings is 1. The maximum Gasteiger partial charge on any atom is 0.149 e. The Morgan fingerprint density at radius 2 is 1.94 bits per heavy atom. The highest BCUT2D eigenvalue weighted by molar-refractivity contribution is 5.84. The molecule has 0 atom stereocenters. The Hall–Kier alpha value is -1.44. The summed E-state index contributed by atoms with van der Waals surface area (Å²) < 4.78 is 13.8. The Labute approximate surface area is 95.3 Å². The molecule has 0 aliphatic carbocycles. The van der Waals surface area contributed by atoms with E-state index in [0.29, 0.717) is 5.52 Å². The minimum Gasteiger partial charge on any atom is -0.253 e. The topological polar surface area (TPSA) is 12.9 Å². The number of hydrogen-bond donors (Lipinski definition) is 0. The summed E-state index contributed by atoms with van der Waals surface area (Å²) in [5.41, 5.74) is 2.64. The highest BCUT2D eigenvalue weighted by Crippen LogP contribution is 2.33. The molecule has 84 valence electrons. The molecule has 0 radical (unpaired) electrons. The van der Waals surface area contributed by atoms with Crippen molar-refractivity contribution >= 4 is 10.9 Å². The van der Waals surface area contributed by atoms with Gasteiger partial charge in [-0.05, 0) is 35.6 Å². The van der Waals surface area contributed by atoms with Gasteiger partial charge in [0.2, 0.25) is 0 Å². The van der Waals surface area contributed by atoms with Crippen molar-refractivity contribution in [2.75, 3.05) is 0 Å². The van der Waals surface area contributed by atoms with Crippen molar-refractivity contribution in [3.8, 4) is 0 Å². The van der Waals surface area contributed by atoms with Crippen LogP contribution < -0.4 is 0 Å². The molecule has 0 unspecified atom stereocenters. The van der Waals surface area contributed by atoms with Crippen molar-refractivity contribution in [2.45, 2.75) is 33.1 Å². The average Bonchev–Trinajstić information content (AvgIpc) is 2.15. The Morgan fingerprint density at radius 1 is 1.25 bits per heavy atom. The molecule has 1 nitrogen and oxygen atoms in total. The van der Waals surface area contributed by atoms with E-state index in [0.717, 1.165) is 10.9 Å². The largest absolute Gasteiger partial charge is 0.253 e. The van der Waals surface area contributed by atoms with Gasteiger partial charge in [0.1, 0.15) is 11.3 Å². The van der Waals surface area contributed by atoms with Crippen LogP contribution in [-0.4, -0.2) is 4.98 Å². The van der Waals surface area contributed by atoms with Crippen LogP contribution in [0.15, 0.2) is 24.4 Å². The first-order chi connectivity index (χ1) is 7.41. The van der Waals surface area contributed by atoms with Gasteiger partial charge in [-0.2, -0.15) is 0 Å². The van der Waals surface area contributed by atoms with Gasteiger partial charge < -0.3 is 0 Å². The number of pyridine rings is 1. The molecule has 1 heterocycles. The standard InChI is InChI=1S/C14H16FN/c1-9-8-11(15)13-10(6-5-7-16-13)12(9)14(2,3)4/h5-8H,1-4H3. The first-order valence-electron chi connectivity index (χ1n) is 5.45. The molecule has 0 fully saturated rings. The molecular formula is C14H16FN. The van der Waals surface area contributed by atoms with Gasteiger partial charge in [-0.3, -0.25) is 4.98 Å². The highest BCUT2D eigenvalue weighted by atomic mass is 19.1. The van der Waals surface area contributed by atoms with Gasteiger partial charge in [-0.25, -0.2) is 4.39 Å². The van der Waals surface area contributed by atoms with E-state index < -0.39 is 0 Å². The summed E-state index contributed by atoms with van der Waals surface area (Å²) in [6, 6.07) is 5.38. The molecular weight excluding hydrogens is 201 g/mol. The van der Waals surface area contributed by atoms with Crippen molar-refractivity contribution in [3.05, 3.63) is 41.3 Å². The first kappa shape index (κ1) is 11.1. The molecule has 1 aromatic carbocycles. The molecule has 2 heteroatoms. The Bertz CT molecular complexity index is 538. The molecule has 0 amide bonds. The molecule has 2 aromatic rings. The first-order valence-corrected chi connectivity index (χ1v) is 5.45. The minimum atomic E-state index is -0.235. The second kappa shape index (κ2) is 3.55. The molecule has 2 rings (SSSR count). The maximum atomic E-state index is 13.8. The van der Waals surface area contributed by atoms with Crippen molar-refractivity contribution < 1.29 is 4.39 Å². The van der Waals surface area contributed by atoms with Crippen molar-refractivity contribution in [3.63, 3.8) is 0 Å². The lowest BCUT2D eigenvalue weighted by atomic mass is 9.81. The molecule has 1 aromatic heterocycles. The zero-order chi connectivity index (χ0) is 11.9. The predicted octanol–water partition coefficient (Wildman–Crippen LogP) is 3.98. The Kier molecular flexibility index (Phi) is 2.45. The predicted molar refractivity (Wildman–Crippen MR) is 65.1 cm³/mol. The molecule has 16 heavy (non-hydrogen) atoms. The molecule has 0 bridgehead atoms. The second-order valence-corrected chi connectivity index (χ2v) is 5.20. The number of aromatic nitrogens is 1. The van der Waals surface area contributed by atoms with Crippen LogP contribution in [0.1, 0.15) is 31.9 Å². The smallest absolute Gasteiger partial charge is 0.149 e. The van der Waals surface area contributed by atoms with E-state index >= 15 is 0 Å². The molecule has 0 spiro atoms.